The van der Waals surface area contributed by atoms with Crippen LogP contribution in [-0.2, 0) is 14.3 Å². The fourth-order valence-corrected chi connectivity index (χ4v) is 2.29. The molecule has 0 aliphatic carbocycles. The molecule has 0 radical (unpaired) electrons. The van der Waals surface area contributed by atoms with Crippen molar-refractivity contribution < 1.29 is 14.3 Å². The Labute approximate surface area is 132 Å². The molecule has 1 N–H and O–H groups in total. The van der Waals surface area contributed by atoms with Crippen molar-refractivity contribution >= 4 is 11.8 Å². The molecule has 0 heterocycles. The molecule has 1 aromatic carbocycles. The van der Waals surface area contributed by atoms with Gasteiger partial charge in [-0.2, -0.15) is 0 Å². The number of hydrogen-bond donors (Lipinski definition) is 1. The molecule has 2 amide bonds. The molecule has 0 saturated carbocycles. The van der Waals surface area contributed by atoms with E-state index in [2.05, 4.69) is 5.32 Å². The Balaban J connectivity index is 2.48. The van der Waals surface area contributed by atoms with Crippen LogP contribution in [0.2, 0.25) is 0 Å². The van der Waals surface area contributed by atoms with Gasteiger partial charge in [0.25, 0.3) is 0 Å². The molecule has 1 unspecified atom stereocenters. The largest absolute Gasteiger partial charge is 0.385 e. The van der Waals surface area contributed by atoms with Crippen molar-refractivity contribution in [2.24, 2.45) is 0 Å². The van der Waals surface area contributed by atoms with Crippen molar-refractivity contribution in [1.29, 1.82) is 0 Å². The number of nitrogens with zero attached hydrogens (tertiary/aromatic N) is 1. The summed E-state index contributed by atoms with van der Waals surface area (Å²) in [6.45, 7) is 5.16. The highest BCUT2D eigenvalue weighted by Gasteiger charge is 2.19. The monoisotopic (exact) mass is 306 g/mol. The van der Waals surface area contributed by atoms with Crippen LogP contribution in [0.25, 0.3) is 0 Å². The Morgan fingerprint density at radius 3 is 2.55 bits per heavy atom. The fourth-order valence-electron chi connectivity index (χ4n) is 2.29. The van der Waals surface area contributed by atoms with Crippen LogP contribution >= 0.6 is 0 Å². The van der Waals surface area contributed by atoms with Crippen LogP contribution in [-0.4, -0.2) is 43.5 Å². The van der Waals surface area contributed by atoms with E-state index < -0.39 is 0 Å². The van der Waals surface area contributed by atoms with Gasteiger partial charge in [-0.1, -0.05) is 30.3 Å². The summed E-state index contributed by atoms with van der Waals surface area (Å²) in [7, 11) is 1.64. The van der Waals surface area contributed by atoms with E-state index in [0.29, 0.717) is 26.1 Å². The smallest absolute Gasteiger partial charge is 0.221 e. The summed E-state index contributed by atoms with van der Waals surface area (Å²) in [5.41, 5.74) is 1.07. The number of carbonyl (C=O) groups excluding carboxylic acids is 2. The van der Waals surface area contributed by atoms with Crippen molar-refractivity contribution in [3.8, 4) is 0 Å². The van der Waals surface area contributed by atoms with Gasteiger partial charge in [-0.15, -0.1) is 0 Å². The first kappa shape index (κ1) is 18.2. The summed E-state index contributed by atoms with van der Waals surface area (Å²) in [4.78, 5) is 25.4. The first-order chi connectivity index (χ1) is 10.6. The third kappa shape index (κ3) is 6.26. The molecule has 0 fully saturated rings. The summed E-state index contributed by atoms with van der Waals surface area (Å²) in [5.74, 6) is -0.0637. The minimum absolute atomic E-state index is 0.0245. The van der Waals surface area contributed by atoms with Gasteiger partial charge in [-0.05, 0) is 18.9 Å². The molecule has 0 saturated heterocycles. The van der Waals surface area contributed by atoms with Gasteiger partial charge in [0.2, 0.25) is 11.8 Å². The molecule has 1 atom stereocenters. The standard InChI is InChI=1S/C17H26N2O3/c1-14(16-8-5-4-6-9-16)19(15(2)20)12-10-17(21)18-11-7-13-22-3/h4-6,8-9,14H,7,10-13H2,1-3H3,(H,18,21). The highest BCUT2D eigenvalue weighted by molar-refractivity contribution is 5.78. The summed E-state index contributed by atoms with van der Waals surface area (Å²) in [6.07, 6.45) is 1.10. The Morgan fingerprint density at radius 1 is 1.27 bits per heavy atom. The molecular formula is C17H26N2O3. The summed E-state index contributed by atoms with van der Waals surface area (Å²) < 4.78 is 4.93. The van der Waals surface area contributed by atoms with Crippen molar-refractivity contribution in [2.75, 3.05) is 26.8 Å². The number of ether oxygens (including phenoxy) is 1. The lowest BCUT2D eigenvalue weighted by atomic mass is 10.1. The summed E-state index contributed by atoms with van der Waals surface area (Å²) in [6, 6.07) is 9.79. The van der Waals surface area contributed by atoms with Gasteiger partial charge >= 0.3 is 0 Å². The molecular weight excluding hydrogens is 280 g/mol. The number of rotatable bonds is 9. The Kier molecular flexibility index (Phi) is 8.22. The van der Waals surface area contributed by atoms with Crippen LogP contribution in [0.5, 0.6) is 0 Å². The minimum Gasteiger partial charge on any atom is -0.385 e. The third-order valence-corrected chi connectivity index (χ3v) is 3.58. The predicted molar refractivity (Wildman–Crippen MR) is 86.4 cm³/mol. The first-order valence-electron chi connectivity index (χ1n) is 7.64. The number of hydrogen-bond acceptors (Lipinski definition) is 3. The van der Waals surface area contributed by atoms with Crippen LogP contribution in [0.1, 0.15) is 38.3 Å². The Bertz CT molecular complexity index is 462. The molecule has 5 nitrogen and oxygen atoms in total. The topological polar surface area (TPSA) is 58.6 Å². The molecule has 0 aromatic heterocycles. The van der Waals surface area contributed by atoms with Crippen molar-refractivity contribution in [2.45, 2.75) is 32.7 Å². The van der Waals surface area contributed by atoms with Crippen molar-refractivity contribution in [3.63, 3.8) is 0 Å². The fraction of sp³-hybridized carbons (Fsp3) is 0.529. The zero-order chi connectivity index (χ0) is 16.4. The Morgan fingerprint density at radius 2 is 1.95 bits per heavy atom. The van der Waals surface area contributed by atoms with E-state index in [-0.39, 0.29) is 17.9 Å². The number of carbonyl (C=O) groups is 2. The van der Waals surface area contributed by atoms with E-state index in [4.69, 9.17) is 4.74 Å². The highest BCUT2D eigenvalue weighted by Crippen LogP contribution is 2.20. The molecule has 5 heteroatoms. The average Bonchev–Trinajstić information content (AvgIpc) is 2.52. The Hall–Kier alpha value is -1.88. The molecule has 122 valence electrons. The van der Waals surface area contributed by atoms with Crippen LogP contribution < -0.4 is 5.32 Å². The maximum atomic E-state index is 11.8. The number of amides is 2. The van der Waals surface area contributed by atoms with E-state index >= 15 is 0 Å². The quantitative estimate of drug-likeness (QED) is 0.711. The second kappa shape index (κ2) is 9.95. The summed E-state index contributed by atoms with van der Waals surface area (Å²) >= 11 is 0. The zero-order valence-corrected chi connectivity index (χ0v) is 13.7. The number of nitrogens with one attached hydrogen (secondary N) is 1. The van der Waals surface area contributed by atoms with Gasteiger partial charge in [0.05, 0.1) is 6.04 Å². The van der Waals surface area contributed by atoms with E-state index in [0.717, 1.165) is 12.0 Å². The van der Waals surface area contributed by atoms with E-state index in [1.54, 1.807) is 12.0 Å². The van der Waals surface area contributed by atoms with Gasteiger partial charge in [-0.25, -0.2) is 0 Å². The molecule has 22 heavy (non-hydrogen) atoms. The maximum absolute atomic E-state index is 11.8. The van der Waals surface area contributed by atoms with Crippen molar-refractivity contribution in [1.82, 2.24) is 10.2 Å². The minimum atomic E-state index is -0.0417. The normalized spacial score (nSPS) is 11.8. The molecule has 0 aliphatic rings. The van der Waals surface area contributed by atoms with E-state index in [9.17, 15) is 9.59 Å². The first-order valence-corrected chi connectivity index (χ1v) is 7.64. The molecule has 0 spiro atoms. The lowest BCUT2D eigenvalue weighted by Gasteiger charge is -2.28. The number of methoxy groups -OCH3 is 1. The maximum Gasteiger partial charge on any atom is 0.221 e. The SMILES string of the molecule is COCCCNC(=O)CCN(C(C)=O)C(C)c1ccccc1. The second-order valence-corrected chi connectivity index (χ2v) is 5.25. The highest BCUT2D eigenvalue weighted by atomic mass is 16.5. The van der Waals surface area contributed by atoms with E-state index in [1.165, 1.54) is 6.92 Å². The van der Waals surface area contributed by atoms with Crippen LogP contribution in [0.15, 0.2) is 30.3 Å². The molecule has 0 aliphatic heterocycles. The average molecular weight is 306 g/mol. The van der Waals surface area contributed by atoms with Gasteiger partial charge in [0, 0.05) is 40.2 Å². The number of benzene rings is 1. The predicted octanol–water partition coefficient (Wildman–Crippen LogP) is 2.14. The van der Waals surface area contributed by atoms with Gasteiger partial charge in [-0.3, -0.25) is 9.59 Å². The second-order valence-electron chi connectivity index (χ2n) is 5.25. The van der Waals surface area contributed by atoms with Crippen LogP contribution in [0.3, 0.4) is 0 Å². The zero-order valence-electron chi connectivity index (χ0n) is 13.7. The lowest BCUT2D eigenvalue weighted by molar-refractivity contribution is -0.131. The van der Waals surface area contributed by atoms with E-state index in [1.807, 2.05) is 37.3 Å². The lowest BCUT2D eigenvalue weighted by Crippen LogP contribution is -2.36. The van der Waals surface area contributed by atoms with Gasteiger partial charge in [0.15, 0.2) is 0 Å². The van der Waals surface area contributed by atoms with Gasteiger partial charge in [0.1, 0.15) is 0 Å². The van der Waals surface area contributed by atoms with Crippen LogP contribution in [0.4, 0.5) is 0 Å². The van der Waals surface area contributed by atoms with Crippen molar-refractivity contribution in [3.05, 3.63) is 35.9 Å². The van der Waals surface area contributed by atoms with Gasteiger partial charge < -0.3 is 15.0 Å². The molecule has 1 aromatic rings. The summed E-state index contributed by atoms with van der Waals surface area (Å²) in [5, 5.41) is 2.83. The molecule has 1 rings (SSSR count). The van der Waals surface area contributed by atoms with Crippen LogP contribution in [0, 0.1) is 0 Å². The molecule has 0 bridgehead atoms. The third-order valence-electron chi connectivity index (χ3n) is 3.58.